The molecule has 1 fully saturated rings. The predicted molar refractivity (Wildman–Crippen MR) is 60.3 cm³/mol. The van der Waals surface area contributed by atoms with Crippen LogP contribution in [-0.4, -0.2) is 27.8 Å². The van der Waals surface area contributed by atoms with Gasteiger partial charge < -0.3 is 5.43 Å². The molecule has 0 radical (unpaired) electrons. The molecule has 0 spiro atoms. The quantitative estimate of drug-likeness (QED) is 0.671. The predicted octanol–water partition coefficient (Wildman–Crippen LogP) is -0.706. The second-order valence-electron chi connectivity index (χ2n) is 4.86. The van der Waals surface area contributed by atoms with Gasteiger partial charge in [-0.1, -0.05) is 0 Å². The molecule has 0 bridgehead atoms. The average molecular weight is 214 g/mol. The zero-order chi connectivity index (χ0) is 10.5. The second kappa shape index (κ2) is 3.04. The molecule has 1 aromatic heterocycles. The highest BCUT2D eigenvalue weighted by Crippen LogP contribution is 2.27. The van der Waals surface area contributed by atoms with Crippen molar-refractivity contribution < 1.29 is 0 Å². The van der Waals surface area contributed by atoms with Crippen molar-refractivity contribution in [1.82, 2.24) is 20.6 Å². The molecule has 1 saturated carbocycles. The molecule has 1 aromatic rings. The zero-order valence-corrected chi connectivity index (χ0v) is 9.11. The van der Waals surface area contributed by atoms with Gasteiger partial charge in [0.25, 0.3) is 0 Å². The van der Waals surface area contributed by atoms with Crippen molar-refractivity contribution in [2.24, 2.45) is 0 Å². The van der Waals surface area contributed by atoms with Crippen molar-refractivity contribution in [2.45, 2.75) is 31.7 Å². The molecule has 4 nitrogen and oxygen atoms in total. The molecule has 1 aliphatic heterocycles. The maximum Gasteiger partial charge on any atom is 0.0713 e. The maximum absolute atomic E-state index is 4.24. The van der Waals surface area contributed by atoms with E-state index in [4.69, 9.17) is 0 Å². The SMILES string of the molecule is C1=c2cnnc3c2=C(CC3)CN(C2CC2)N1. The molecule has 1 N–H and O–H groups in total. The van der Waals surface area contributed by atoms with E-state index >= 15 is 0 Å². The fraction of sp³-hybridized carbons (Fsp3) is 0.500. The van der Waals surface area contributed by atoms with Crippen molar-refractivity contribution in [3.05, 3.63) is 22.3 Å². The van der Waals surface area contributed by atoms with Gasteiger partial charge in [0.1, 0.15) is 0 Å². The molecule has 2 aliphatic carbocycles. The van der Waals surface area contributed by atoms with Crippen LogP contribution in [0.2, 0.25) is 0 Å². The Morgan fingerprint density at radius 3 is 3.12 bits per heavy atom. The van der Waals surface area contributed by atoms with E-state index in [9.17, 15) is 0 Å². The van der Waals surface area contributed by atoms with Gasteiger partial charge in [-0.15, -0.1) is 0 Å². The van der Waals surface area contributed by atoms with Crippen molar-refractivity contribution >= 4 is 11.8 Å². The van der Waals surface area contributed by atoms with E-state index < -0.39 is 0 Å². The summed E-state index contributed by atoms with van der Waals surface area (Å²) in [5, 5.41) is 13.3. The first-order valence-electron chi connectivity index (χ1n) is 5.97. The Morgan fingerprint density at radius 2 is 2.25 bits per heavy atom. The monoisotopic (exact) mass is 214 g/mol. The molecular weight excluding hydrogens is 200 g/mol. The van der Waals surface area contributed by atoms with Gasteiger partial charge in [-0.3, -0.25) is 0 Å². The molecule has 4 rings (SSSR count). The summed E-state index contributed by atoms with van der Waals surface area (Å²) in [6.45, 7) is 1.05. The van der Waals surface area contributed by atoms with Crippen LogP contribution in [0.3, 0.4) is 0 Å². The third kappa shape index (κ3) is 1.19. The number of hydrogen-bond donors (Lipinski definition) is 1. The van der Waals surface area contributed by atoms with Crippen LogP contribution in [0.5, 0.6) is 0 Å². The fourth-order valence-corrected chi connectivity index (χ4v) is 2.71. The van der Waals surface area contributed by atoms with E-state index in [1.807, 2.05) is 6.20 Å². The van der Waals surface area contributed by atoms with Crippen molar-refractivity contribution in [1.29, 1.82) is 0 Å². The Kier molecular flexibility index (Phi) is 1.65. The summed E-state index contributed by atoms with van der Waals surface area (Å²) in [5.74, 6) is 0. The first-order chi connectivity index (χ1) is 7.92. The molecular formula is C12H14N4. The van der Waals surface area contributed by atoms with E-state index in [1.54, 1.807) is 0 Å². The van der Waals surface area contributed by atoms with Crippen LogP contribution < -0.4 is 15.9 Å². The lowest BCUT2D eigenvalue weighted by atomic mass is 10.2. The van der Waals surface area contributed by atoms with Gasteiger partial charge in [0.05, 0.1) is 11.9 Å². The van der Waals surface area contributed by atoms with E-state index in [-0.39, 0.29) is 0 Å². The molecule has 82 valence electrons. The summed E-state index contributed by atoms with van der Waals surface area (Å²) in [5.41, 5.74) is 6.13. The number of hydrazine groups is 1. The normalized spacial score (nSPS) is 23.4. The number of nitrogens with zero attached hydrogens (tertiary/aromatic N) is 3. The third-order valence-electron chi connectivity index (χ3n) is 3.70. The first-order valence-corrected chi connectivity index (χ1v) is 5.97. The van der Waals surface area contributed by atoms with Gasteiger partial charge in [-0.05, 0) is 31.3 Å². The van der Waals surface area contributed by atoms with Gasteiger partial charge in [0.15, 0.2) is 0 Å². The van der Waals surface area contributed by atoms with Crippen LogP contribution in [0.25, 0.3) is 11.8 Å². The van der Waals surface area contributed by atoms with E-state index in [1.165, 1.54) is 34.5 Å². The van der Waals surface area contributed by atoms with Crippen LogP contribution in [-0.2, 0) is 6.42 Å². The summed E-state index contributed by atoms with van der Waals surface area (Å²) >= 11 is 0. The van der Waals surface area contributed by atoms with Gasteiger partial charge in [0, 0.05) is 29.2 Å². The van der Waals surface area contributed by atoms with Gasteiger partial charge in [-0.25, -0.2) is 5.01 Å². The van der Waals surface area contributed by atoms with Gasteiger partial charge in [-0.2, -0.15) is 10.2 Å². The highest BCUT2D eigenvalue weighted by molar-refractivity contribution is 5.54. The van der Waals surface area contributed by atoms with Crippen LogP contribution in [0.1, 0.15) is 25.0 Å². The molecule has 0 unspecified atom stereocenters. The minimum Gasteiger partial charge on any atom is -0.325 e. The molecule has 16 heavy (non-hydrogen) atoms. The van der Waals surface area contributed by atoms with Crippen molar-refractivity contribution in [3.8, 4) is 0 Å². The second-order valence-corrected chi connectivity index (χ2v) is 4.86. The summed E-state index contributed by atoms with van der Waals surface area (Å²) in [4.78, 5) is 0. The third-order valence-corrected chi connectivity index (χ3v) is 3.70. The van der Waals surface area contributed by atoms with Crippen LogP contribution in [0.15, 0.2) is 6.20 Å². The minimum atomic E-state index is 0.739. The zero-order valence-electron chi connectivity index (χ0n) is 9.11. The molecule has 0 amide bonds. The highest BCUT2D eigenvalue weighted by Gasteiger charge is 2.31. The first kappa shape index (κ1) is 8.70. The topological polar surface area (TPSA) is 41.1 Å². The van der Waals surface area contributed by atoms with Crippen molar-refractivity contribution in [3.63, 3.8) is 0 Å². The van der Waals surface area contributed by atoms with E-state index in [0.29, 0.717) is 0 Å². The number of nitrogens with one attached hydrogen (secondary N) is 1. The number of aromatic nitrogens is 2. The Labute approximate surface area is 93.6 Å². The molecule has 0 atom stereocenters. The Morgan fingerprint density at radius 1 is 1.31 bits per heavy atom. The van der Waals surface area contributed by atoms with Crippen LogP contribution >= 0.6 is 0 Å². The van der Waals surface area contributed by atoms with Gasteiger partial charge >= 0.3 is 0 Å². The van der Waals surface area contributed by atoms with Crippen LogP contribution in [0, 0.1) is 0 Å². The van der Waals surface area contributed by atoms with Crippen LogP contribution in [0.4, 0.5) is 0 Å². The lowest BCUT2D eigenvalue weighted by molar-refractivity contribution is 0.251. The standard InChI is InChI=1S/C12H14N4/c1-4-11-12-8(1)7-16(10-2-3-10)14-6-9(12)5-13-15-11/h5-6,10,14H,1-4,7H2. The molecule has 0 saturated heterocycles. The van der Waals surface area contributed by atoms with Gasteiger partial charge in [0.2, 0.25) is 0 Å². The molecule has 0 aromatic carbocycles. The molecule has 3 aliphatic rings. The highest BCUT2D eigenvalue weighted by atomic mass is 15.5. The lowest BCUT2D eigenvalue weighted by Crippen LogP contribution is -2.37. The Hall–Kier alpha value is -1.42. The maximum atomic E-state index is 4.24. The average Bonchev–Trinajstić information content (AvgIpc) is 3.07. The summed E-state index contributed by atoms with van der Waals surface area (Å²) in [6.07, 6.45) is 8.83. The van der Waals surface area contributed by atoms with Crippen molar-refractivity contribution in [2.75, 3.05) is 6.54 Å². The lowest BCUT2D eigenvalue weighted by Gasteiger charge is -2.21. The Balaban J connectivity index is 1.91. The Bertz CT molecular complexity index is 559. The number of aryl methyl sites for hydroxylation is 1. The molecule has 4 heteroatoms. The molecule has 2 heterocycles. The summed E-state index contributed by atoms with van der Waals surface area (Å²) in [6, 6.07) is 0.739. The van der Waals surface area contributed by atoms with E-state index in [2.05, 4.69) is 26.8 Å². The van der Waals surface area contributed by atoms with E-state index in [0.717, 1.165) is 25.4 Å². The summed E-state index contributed by atoms with van der Waals surface area (Å²) in [7, 11) is 0. The minimum absolute atomic E-state index is 0.739. The largest absolute Gasteiger partial charge is 0.325 e. The number of rotatable bonds is 1. The fourth-order valence-electron chi connectivity index (χ4n) is 2.71. The smallest absolute Gasteiger partial charge is 0.0713 e. The number of hydrogen-bond acceptors (Lipinski definition) is 4. The summed E-state index contributed by atoms with van der Waals surface area (Å²) < 4.78 is 0.